The number of aromatic nitrogens is 3. The third kappa shape index (κ3) is 5.50. The number of likely N-dealkylation sites (tertiary alicyclic amines) is 1. The van der Waals surface area contributed by atoms with Gasteiger partial charge in [-0.1, -0.05) is 54.8 Å². The molecule has 4 fully saturated rings. The number of imidazole rings is 1. The molecule has 10 heteroatoms. The average Bonchev–Trinajstić information content (AvgIpc) is 3.78. The van der Waals surface area contributed by atoms with Crippen molar-refractivity contribution in [3.05, 3.63) is 87.2 Å². The van der Waals surface area contributed by atoms with Crippen molar-refractivity contribution < 1.29 is 9.59 Å². The zero-order valence-corrected chi connectivity index (χ0v) is 29.1. The number of nitrogens with one attached hydrogen (secondary N) is 1. The lowest BCUT2D eigenvalue weighted by Gasteiger charge is -2.42. The van der Waals surface area contributed by atoms with Gasteiger partial charge in [0.25, 0.3) is 5.56 Å². The number of carbonyl (C=O) groups excluding carboxylic acids is 2. The van der Waals surface area contributed by atoms with Crippen molar-refractivity contribution in [1.29, 1.82) is 0 Å². The summed E-state index contributed by atoms with van der Waals surface area (Å²) >= 11 is 6.53. The van der Waals surface area contributed by atoms with E-state index in [0.717, 1.165) is 92.6 Å². The predicted molar refractivity (Wildman–Crippen MR) is 197 cm³/mol. The second-order valence-electron chi connectivity index (χ2n) is 14.9. The van der Waals surface area contributed by atoms with Gasteiger partial charge in [-0.05, 0) is 105 Å². The Morgan fingerprint density at radius 1 is 0.720 bits per heavy atom. The van der Waals surface area contributed by atoms with Crippen LogP contribution < -0.4 is 15.8 Å². The van der Waals surface area contributed by atoms with Gasteiger partial charge in [0.15, 0.2) is 0 Å². The molecule has 1 atom stereocenters. The van der Waals surface area contributed by atoms with Crippen LogP contribution in [0.1, 0.15) is 93.2 Å². The second kappa shape index (κ2) is 12.8. The second-order valence-corrected chi connectivity index (χ2v) is 15.3. The molecule has 9 nitrogen and oxygen atoms in total. The number of nitrogens with zero attached hydrogens (tertiary/aromatic N) is 5. The standard InChI is InChI=1S/C40H43ClN6O3/c41-32-6-3-7-34-37(32)39(50)43-40-46(29-4-1-2-5-29)35-24-30(12-14-33(35)47(34)40)45-22-18-28(19-23-45)44-20-16-26(17-21-44)25-8-10-27(11-9-25)31-13-15-36(48)42-38(31)49/h3,6-12,14,24,26,28-29,31H,1-2,4-5,13,15-23H2,(H,42,48,49). The van der Waals surface area contributed by atoms with E-state index < -0.39 is 0 Å². The maximum Gasteiger partial charge on any atom is 0.283 e. The highest BCUT2D eigenvalue weighted by Crippen LogP contribution is 2.38. The zero-order chi connectivity index (χ0) is 33.9. The number of fused-ring (bicyclic) bond motifs is 5. The number of hydrogen-bond acceptors (Lipinski definition) is 6. The Labute approximate surface area is 296 Å². The molecule has 258 valence electrons. The van der Waals surface area contributed by atoms with E-state index in [0.29, 0.717) is 41.3 Å². The maximum absolute atomic E-state index is 13.3. The summed E-state index contributed by atoms with van der Waals surface area (Å²) in [6.07, 6.45) is 10.2. The maximum atomic E-state index is 13.3. The Bertz CT molecular complexity index is 2170. The molecule has 3 aliphatic heterocycles. The summed E-state index contributed by atoms with van der Waals surface area (Å²) in [4.78, 5) is 47.0. The molecular weight excluding hydrogens is 648 g/mol. The average molecular weight is 691 g/mol. The fraction of sp³-hybridized carbons (Fsp3) is 0.450. The molecule has 3 saturated heterocycles. The SMILES string of the molecule is O=C1CCC(c2ccc(C3CCN(C4CCN(c5ccc6c(c5)n(C5CCCC5)c5nc(=O)c7c(Cl)cccc7n65)CC4)CC3)cc2)C(=O)N1. The monoisotopic (exact) mass is 690 g/mol. The van der Waals surface area contributed by atoms with Crippen LogP contribution in [0.5, 0.6) is 0 Å². The van der Waals surface area contributed by atoms with Crippen LogP contribution in [0.3, 0.4) is 0 Å². The largest absolute Gasteiger partial charge is 0.371 e. The molecule has 1 saturated carbocycles. The fourth-order valence-electron chi connectivity index (χ4n) is 9.43. The number of hydrogen-bond donors (Lipinski definition) is 1. The van der Waals surface area contributed by atoms with Crippen molar-refractivity contribution in [3.8, 4) is 0 Å². The van der Waals surface area contributed by atoms with Crippen molar-refractivity contribution in [2.24, 2.45) is 0 Å². The lowest BCUT2D eigenvalue weighted by atomic mass is 9.85. The van der Waals surface area contributed by atoms with Crippen LogP contribution in [-0.4, -0.2) is 62.9 Å². The van der Waals surface area contributed by atoms with Gasteiger partial charge in [0, 0.05) is 37.3 Å². The lowest BCUT2D eigenvalue weighted by molar-refractivity contribution is -0.134. The van der Waals surface area contributed by atoms with Crippen LogP contribution in [0, 0.1) is 0 Å². The van der Waals surface area contributed by atoms with Gasteiger partial charge in [-0.15, -0.1) is 0 Å². The Morgan fingerprint density at radius 3 is 2.20 bits per heavy atom. The number of benzene rings is 3. The summed E-state index contributed by atoms with van der Waals surface area (Å²) in [5.74, 6) is 0.695. The van der Waals surface area contributed by atoms with Gasteiger partial charge in [0.05, 0.1) is 32.9 Å². The van der Waals surface area contributed by atoms with E-state index in [1.807, 2.05) is 12.1 Å². The van der Waals surface area contributed by atoms with Crippen LogP contribution >= 0.6 is 11.6 Å². The molecule has 5 aromatic rings. The topological polar surface area (TPSA) is 92.0 Å². The minimum atomic E-state index is -0.262. The molecule has 5 heterocycles. The van der Waals surface area contributed by atoms with Crippen LogP contribution in [-0.2, 0) is 9.59 Å². The fourth-order valence-corrected chi connectivity index (χ4v) is 9.68. The van der Waals surface area contributed by atoms with E-state index in [-0.39, 0.29) is 23.3 Å². The van der Waals surface area contributed by atoms with E-state index >= 15 is 0 Å². The Balaban J connectivity index is 0.891. The van der Waals surface area contributed by atoms with E-state index in [1.165, 1.54) is 24.1 Å². The molecular formula is C40H43ClN6O3. The van der Waals surface area contributed by atoms with Gasteiger partial charge in [0.1, 0.15) is 0 Å². The number of halogens is 1. The Morgan fingerprint density at radius 2 is 1.46 bits per heavy atom. The van der Waals surface area contributed by atoms with Crippen LogP contribution in [0.4, 0.5) is 5.69 Å². The van der Waals surface area contributed by atoms with E-state index in [4.69, 9.17) is 11.6 Å². The van der Waals surface area contributed by atoms with Gasteiger partial charge in [-0.2, -0.15) is 4.98 Å². The van der Waals surface area contributed by atoms with E-state index in [1.54, 1.807) is 6.07 Å². The van der Waals surface area contributed by atoms with Crippen molar-refractivity contribution in [3.63, 3.8) is 0 Å². The van der Waals surface area contributed by atoms with Crippen molar-refractivity contribution in [2.45, 2.75) is 88.1 Å². The normalized spacial score (nSPS) is 21.9. The molecule has 1 aliphatic carbocycles. The molecule has 0 bridgehead atoms. The summed E-state index contributed by atoms with van der Waals surface area (Å²) in [6, 6.07) is 22.0. The minimum absolute atomic E-state index is 0.168. The van der Waals surface area contributed by atoms with Gasteiger partial charge in [0.2, 0.25) is 17.6 Å². The molecule has 0 radical (unpaired) electrons. The first-order chi connectivity index (χ1) is 24.4. The Hall–Kier alpha value is -4.21. The summed E-state index contributed by atoms with van der Waals surface area (Å²) in [5, 5.41) is 3.41. The molecule has 3 aromatic carbocycles. The molecule has 2 amide bonds. The van der Waals surface area contributed by atoms with Gasteiger partial charge < -0.3 is 14.4 Å². The lowest BCUT2D eigenvalue weighted by Crippen LogP contribution is -2.47. The number of anilines is 1. The number of piperidine rings is 3. The highest BCUT2D eigenvalue weighted by Gasteiger charge is 2.31. The summed E-state index contributed by atoms with van der Waals surface area (Å²) in [5.41, 5.74) is 6.37. The quantitative estimate of drug-likeness (QED) is 0.201. The highest BCUT2D eigenvalue weighted by molar-refractivity contribution is 6.35. The van der Waals surface area contributed by atoms with Gasteiger partial charge in [-0.3, -0.25) is 24.1 Å². The first-order valence-electron chi connectivity index (χ1n) is 18.5. The van der Waals surface area contributed by atoms with E-state index in [2.05, 4.69) is 71.5 Å². The Kier molecular flexibility index (Phi) is 8.15. The molecule has 2 aromatic heterocycles. The molecule has 9 rings (SSSR count). The van der Waals surface area contributed by atoms with Gasteiger partial charge in [-0.25, -0.2) is 0 Å². The van der Waals surface area contributed by atoms with Crippen molar-refractivity contribution >= 4 is 56.8 Å². The third-order valence-electron chi connectivity index (χ3n) is 12.1. The van der Waals surface area contributed by atoms with Crippen LogP contribution in [0.25, 0.3) is 27.7 Å². The number of rotatable bonds is 5. The predicted octanol–water partition coefficient (Wildman–Crippen LogP) is 6.94. The molecule has 1 N–H and O–H groups in total. The molecule has 0 spiro atoms. The van der Waals surface area contributed by atoms with Crippen LogP contribution in [0.15, 0.2) is 65.5 Å². The molecule has 4 aliphatic rings. The summed E-state index contributed by atoms with van der Waals surface area (Å²) < 4.78 is 4.48. The highest BCUT2D eigenvalue weighted by atomic mass is 35.5. The number of carbonyl (C=O) groups is 2. The first kappa shape index (κ1) is 31.7. The zero-order valence-electron chi connectivity index (χ0n) is 28.3. The van der Waals surface area contributed by atoms with Crippen molar-refractivity contribution in [1.82, 2.24) is 24.2 Å². The third-order valence-corrected chi connectivity index (χ3v) is 12.5. The summed E-state index contributed by atoms with van der Waals surface area (Å²) in [7, 11) is 0. The summed E-state index contributed by atoms with van der Waals surface area (Å²) in [6.45, 7) is 4.27. The number of imide groups is 1. The smallest absolute Gasteiger partial charge is 0.283 e. The number of amides is 2. The van der Waals surface area contributed by atoms with Gasteiger partial charge >= 0.3 is 0 Å². The minimum Gasteiger partial charge on any atom is -0.371 e. The molecule has 1 unspecified atom stereocenters. The van der Waals surface area contributed by atoms with E-state index in [9.17, 15) is 14.4 Å². The van der Waals surface area contributed by atoms with Crippen molar-refractivity contribution in [2.75, 3.05) is 31.1 Å². The van der Waals surface area contributed by atoms with Crippen LogP contribution in [0.2, 0.25) is 5.02 Å². The molecule has 50 heavy (non-hydrogen) atoms. The first-order valence-corrected chi connectivity index (χ1v) is 18.9.